The second-order valence-electron chi connectivity index (χ2n) is 6.24. The van der Waals surface area contributed by atoms with Crippen LogP contribution in [-0.2, 0) is 21.4 Å². The SMILES string of the molecule is Cc1ccc2ncn(CC(=O)N3CCN(S(C)(=O)=O)CC3)c(=O)c2c1. The van der Waals surface area contributed by atoms with Crippen LogP contribution in [0.3, 0.4) is 0 Å². The van der Waals surface area contributed by atoms with E-state index in [-0.39, 0.29) is 31.1 Å². The number of nitrogens with zero attached hydrogens (tertiary/aromatic N) is 4. The molecule has 0 radical (unpaired) electrons. The van der Waals surface area contributed by atoms with E-state index in [4.69, 9.17) is 0 Å². The number of piperazine rings is 1. The van der Waals surface area contributed by atoms with Crippen molar-refractivity contribution in [3.05, 3.63) is 40.4 Å². The number of hydrogen-bond acceptors (Lipinski definition) is 5. The molecule has 2 aromatic rings. The van der Waals surface area contributed by atoms with Gasteiger partial charge in [0, 0.05) is 26.2 Å². The monoisotopic (exact) mass is 364 g/mol. The Morgan fingerprint density at radius 2 is 1.88 bits per heavy atom. The van der Waals surface area contributed by atoms with Crippen molar-refractivity contribution >= 4 is 26.8 Å². The number of carbonyl (C=O) groups excluding carboxylic acids is 1. The first kappa shape index (κ1) is 17.6. The zero-order valence-corrected chi connectivity index (χ0v) is 15.0. The molecule has 1 aromatic carbocycles. The van der Waals surface area contributed by atoms with E-state index < -0.39 is 10.0 Å². The average Bonchev–Trinajstić information content (AvgIpc) is 2.57. The Morgan fingerprint density at radius 1 is 1.20 bits per heavy atom. The number of hydrogen-bond donors (Lipinski definition) is 0. The highest BCUT2D eigenvalue weighted by Gasteiger charge is 2.26. The predicted molar refractivity (Wildman–Crippen MR) is 93.7 cm³/mol. The maximum Gasteiger partial charge on any atom is 0.261 e. The first-order valence-electron chi connectivity index (χ1n) is 7.94. The molecule has 1 fully saturated rings. The minimum Gasteiger partial charge on any atom is -0.338 e. The summed E-state index contributed by atoms with van der Waals surface area (Å²) in [5.74, 6) is -0.218. The molecule has 1 aliphatic rings. The van der Waals surface area contributed by atoms with E-state index in [1.165, 1.54) is 15.2 Å². The van der Waals surface area contributed by atoms with E-state index in [2.05, 4.69) is 4.98 Å². The lowest BCUT2D eigenvalue weighted by Crippen LogP contribution is -2.51. The molecule has 134 valence electrons. The van der Waals surface area contributed by atoms with Crippen LogP contribution in [0.25, 0.3) is 10.9 Å². The van der Waals surface area contributed by atoms with Gasteiger partial charge < -0.3 is 4.90 Å². The van der Waals surface area contributed by atoms with Gasteiger partial charge >= 0.3 is 0 Å². The van der Waals surface area contributed by atoms with Crippen LogP contribution >= 0.6 is 0 Å². The Labute approximate surface area is 145 Å². The van der Waals surface area contributed by atoms with Crippen LogP contribution in [-0.4, -0.2) is 65.5 Å². The molecule has 8 nitrogen and oxygen atoms in total. The summed E-state index contributed by atoms with van der Waals surface area (Å²) in [5, 5.41) is 0.484. The smallest absolute Gasteiger partial charge is 0.261 e. The van der Waals surface area contributed by atoms with E-state index in [1.54, 1.807) is 17.0 Å². The predicted octanol–water partition coefficient (Wildman–Crippen LogP) is -0.191. The third-order valence-electron chi connectivity index (χ3n) is 4.35. The molecule has 2 heterocycles. The van der Waals surface area contributed by atoms with Crippen molar-refractivity contribution in [3.63, 3.8) is 0 Å². The van der Waals surface area contributed by atoms with Gasteiger partial charge in [0.05, 0.1) is 23.5 Å². The third kappa shape index (κ3) is 3.72. The number of aromatic nitrogens is 2. The molecule has 0 N–H and O–H groups in total. The molecule has 9 heteroatoms. The molecule has 1 saturated heterocycles. The molecular formula is C16H20N4O4S. The summed E-state index contributed by atoms with van der Waals surface area (Å²) >= 11 is 0. The van der Waals surface area contributed by atoms with Gasteiger partial charge in [-0.15, -0.1) is 0 Å². The van der Waals surface area contributed by atoms with Gasteiger partial charge in [0.15, 0.2) is 0 Å². The fraction of sp³-hybridized carbons (Fsp3) is 0.438. The third-order valence-corrected chi connectivity index (χ3v) is 5.65. The highest BCUT2D eigenvalue weighted by atomic mass is 32.2. The fourth-order valence-electron chi connectivity index (χ4n) is 2.90. The Hall–Kier alpha value is -2.26. The highest BCUT2D eigenvalue weighted by molar-refractivity contribution is 7.88. The standard InChI is InChI=1S/C16H20N4O4S/c1-12-3-4-14-13(9-12)16(22)19(11-17-14)10-15(21)18-5-7-20(8-6-18)25(2,23)24/h3-4,9,11H,5-8,10H2,1-2H3. The topological polar surface area (TPSA) is 92.6 Å². The number of aryl methyl sites for hydroxylation is 1. The zero-order chi connectivity index (χ0) is 18.2. The molecule has 0 aliphatic carbocycles. The van der Waals surface area contributed by atoms with Crippen LogP contribution < -0.4 is 5.56 Å². The van der Waals surface area contributed by atoms with Crippen molar-refractivity contribution in [1.82, 2.24) is 18.8 Å². The van der Waals surface area contributed by atoms with E-state index in [9.17, 15) is 18.0 Å². The fourth-order valence-corrected chi connectivity index (χ4v) is 3.73. The Morgan fingerprint density at radius 3 is 2.52 bits per heavy atom. The lowest BCUT2D eigenvalue weighted by molar-refractivity contribution is -0.133. The van der Waals surface area contributed by atoms with Crippen LogP contribution in [0.15, 0.2) is 29.3 Å². The quantitative estimate of drug-likeness (QED) is 0.753. The van der Waals surface area contributed by atoms with Crippen molar-refractivity contribution in [3.8, 4) is 0 Å². The van der Waals surface area contributed by atoms with Gasteiger partial charge in [-0.25, -0.2) is 13.4 Å². The molecule has 0 spiro atoms. The maximum atomic E-state index is 12.5. The van der Waals surface area contributed by atoms with Gasteiger partial charge in [-0.1, -0.05) is 11.6 Å². The molecule has 1 aromatic heterocycles. The van der Waals surface area contributed by atoms with Gasteiger partial charge in [-0.3, -0.25) is 14.2 Å². The summed E-state index contributed by atoms with van der Waals surface area (Å²) in [7, 11) is -3.24. The molecule has 0 saturated carbocycles. The Balaban J connectivity index is 1.75. The van der Waals surface area contributed by atoms with E-state index in [1.807, 2.05) is 13.0 Å². The first-order chi connectivity index (χ1) is 11.8. The van der Waals surface area contributed by atoms with Crippen LogP contribution in [0, 0.1) is 6.92 Å². The lowest BCUT2D eigenvalue weighted by atomic mass is 10.2. The van der Waals surface area contributed by atoms with Gasteiger partial charge in [0.1, 0.15) is 6.54 Å². The molecular weight excluding hydrogens is 344 g/mol. The number of sulfonamides is 1. The van der Waals surface area contributed by atoms with Crippen molar-refractivity contribution in [2.75, 3.05) is 32.4 Å². The van der Waals surface area contributed by atoms with Crippen molar-refractivity contribution < 1.29 is 13.2 Å². The Kier molecular flexibility index (Phi) is 4.61. The van der Waals surface area contributed by atoms with Crippen molar-refractivity contribution in [2.24, 2.45) is 0 Å². The van der Waals surface area contributed by atoms with Gasteiger partial charge in [-0.2, -0.15) is 4.31 Å². The number of benzene rings is 1. The largest absolute Gasteiger partial charge is 0.338 e. The average molecular weight is 364 g/mol. The van der Waals surface area contributed by atoms with Gasteiger partial charge in [-0.05, 0) is 19.1 Å². The highest BCUT2D eigenvalue weighted by Crippen LogP contribution is 2.10. The van der Waals surface area contributed by atoms with Crippen LogP contribution in [0.5, 0.6) is 0 Å². The first-order valence-corrected chi connectivity index (χ1v) is 9.79. The molecule has 3 rings (SSSR count). The molecule has 0 atom stereocenters. The molecule has 1 amide bonds. The van der Waals surface area contributed by atoms with Crippen LogP contribution in [0.1, 0.15) is 5.56 Å². The lowest BCUT2D eigenvalue weighted by Gasteiger charge is -2.33. The zero-order valence-electron chi connectivity index (χ0n) is 14.2. The molecule has 25 heavy (non-hydrogen) atoms. The summed E-state index contributed by atoms with van der Waals surface area (Å²) in [6.45, 7) is 2.97. The number of rotatable bonds is 3. The summed E-state index contributed by atoms with van der Waals surface area (Å²) in [5.41, 5.74) is 1.30. The van der Waals surface area contributed by atoms with Crippen LogP contribution in [0.4, 0.5) is 0 Å². The molecule has 0 bridgehead atoms. The summed E-state index contributed by atoms with van der Waals surface area (Å²) in [6.07, 6.45) is 2.54. The Bertz CT molecular complexity index is 975. The number of fused-ring (bicyclic) bond motifs is 1. The number of amides is 1. The molecule has 1 aliphatic heterocycles. The summed E-state index contributed by atoms with van der Waals surface area (Å²) < 4.78 is 25.7. The molecule has 0 unspecified atom stereocenters. The van der Waals surface area contributed by atoms with E-state index in [0.717, 1.165) is 11.8 Å². The van der Waals surface area contributed by atoms with Crippen LogP contribution in [0.2, 0.25) is 0 Å². The van der Waals surface area contributed by atoms with Gasteiger partial charge in [0.2, 0.25) is 15.9 Å². The normalized spacial score (nSPS) is 16.3. The minimum atomic E-state index is -3.24. The summed E-state index contributed by atoms with van der Waals surface area (Å²) in [4.78, 5) is 30.8. The second-order valence-corrected chi connectivity index (χ2v) is 8.22. The van der Waals surface area contributed by atoms with Crippen molar-refractivity contribution in [2.45, 2.75) is 13.5 Å². The van der Waals surface area contributed by atoms with E-state index in [0.29, 0.717) is 24.0 Å². The summed E-state index contributed by atoms with van der Waals surface area (Å²) in [6, 6.07) is 5.42. The van der Waals surface area contributed by atoms with Gasteiger partial charge in [0.25, 0.3) is 5.56 Å². The van der Waals surface area contributed by atoms with E-state index >= 15 is 0 Å². The maximum absolute atomic E-state index is 12.5. The minimum absolute atomic E-state index is 0.103. The second kappa shape index (κ2) is 6.57. The van der Waals surface area contributed by atoms with Crippen molar-refractivity contribution in [1.29, 1.82) is 0 Å². The number of carbonyl (C=O) groups is 1.